The van der Waals surface area contributed by atoms with Crippen molar-refractivity contribution in [2.75, 3.05) is 0 Å². The van der Waals surface area contributed by atoms with Gasteiger partial charge >= 0.3 is 0 Å². The SMILES string of the molecule is NNC(=O)c1cc(=O)c(OCc2ccccc2)c[nH]1. The number of ether oxygens (including phenoxy) is 1. The lowest BCUT2D eigenvalue weighted by atomic mass is 10.2. The summed E-state index contributed by atoms with van der Waals surface area (Å²) in [5.74, 6) is 4.56. The van der Waals surface area contributed by atoms with E-state index in [0.29, 0.717) is 0 Å². The Bertz CT molecular complexity index is 623. The molecule has 0 aliphatic heterocycles. The van der Waals surface area contributed by atoms with Crippen LogP contribution in [0.3, 0.4) is 0 Å². The van der Waals surface area contributed by atoms with Gasteiger partial charge in [0.25, 0.3) is 5.91 Å². The Morgan fingerprint density at radius 3 is 2.68 bits per heavy atom. The summed E-state index contributed by atoms with van der Waals surface area (Å²) in [6, 6.07) is 10.6. The number of aromatic nitrogens is 1. The standard InChI is InChI=1S/C13H13N3O3/c14-16-13(18)10-6-11(17)12(7-15-10)19-8-9-4-2-1-3-5-9/h1-7H,8,14H2,(H,15,17)(H,16,18). The summed E-state index contributed by atoms with van der Waals surface area (Å²) in [7, 11) is 0. The number of nitrogens with two attached hydrogens (primary N) is 1. The molecule has 0 atom stereocenters. The summed E-state index contributed by atoms with van der Waals surface area (Å²) in [5, 5.41) is 0. The molecular formula is C13H13N3O3. The first-order valence-corrected chi connectivity index (χ1v) is 5.61. The Morgan fingerprint density at radius 1 is 1.32 bits per heavy atom. The van der Waals surface area contributed by atoms with E-state index in [4.69, 9.17) is 10.6 Å². The van der Waals surface area contributed by atoms with E-state index in [2.05, 4.69) is 4.98 Å². The molecule has 0 fully saturated rings. The largest absolute Gasteiger partial charge is 0.483 e. The van der Waals surface area contributed by atoms with Crippen LogP contribution in [0.25, 0.3) is 0 Å². The van der Waals surface area contributed by atoms with Gasteiger partial charge in [-0.3, -0.25) is 15.0 Å². The molecule has 0 spiro atoms. The Morgan fingerprint density at radius 2 is 2.05 bits per heavy atom. The first kappa shape index (κ1) is 12.8. The molecule has 0 saturated carbocycles. The van der Waals surface area contributed by atoms with Crippen LogP contribution < -0.4 is 21.4 Å². The fourth-order valence-electron chi connectivity index (χ4n) is 1.52. The molecule has 19 heavy (non-hydrogen) atoms. The lowest BCUT2D eigenvalue weighted by molar-refractivity contribution is 0.0948. The predicted octanol–water partition coefficient (Wildman–Crippen LogP) is 0.557. The van der Waals surface area contributed by atoms with E-state index in [0.717, 1.165) is 11.6 Å². The molecule has 2 aromatic rings. The average Bonchev–Trinajstić information content (AvgIpc) is 2.46. The van der Waals surface area contributed by atoms with Crippen LogP contribution in [0.4, 0.5) is 0 Å². The molecule has 0 saturated heterocycles. The van der Waals surface area contributed by atoms with Gasteiger partial charge in [0, 0.05) is 12.3 Å². The van der Waals surface area contributed by atoms with Crippen LogP contribution in [-0.2, 0) is 6.61 Å². The van der Waals surface area contributed by atoms with Gasteiger partial charge in [-0.1, -0.05) is 30.3 Å². The summed E-state index contributed by atoms with van der Waals surface area (Å²) in [4.78, 5) is 25.6. The van der Waals surface area contributed by atoms with Crippen molar-refractivity contribution in [3.63, 3.8) is 0 Å². The number of nitrogens with one attached hydrogen (secondary N) is 2. The molecule has 0 radical (unpaired) electrons. The van der Waals surface area contributed by atoms with E-state index in [-0.39, 0.29) is 23.5 Å². The molecule has 0 unspecified atom stereocenters. The fraction of sp³-hybridized carbons (Fsp3) is 0.0769. The van der Waals surface area contributed by atoms with Gasteiger partial charge in [-0.15, -0.1) is 0 Å². The van der Waals surface area contributed by atoms with Gasteiger partial charge in [-0.25, -0.2) is 5.84 Å². The smallest absolute Gasteiger partial charge is 0.281 e. The molecular weight excluding hydrogens is 246 g/mol. The number of aromatic amines is 1. The highest BCUT2D eigenvalue weighted by Gasteiger charge is 2.08. The molecule has 0 bridgehead atoms. The zero-order valence-electron chi connectivity index (χ0n) is 10.1. The number of benzene rings is 1. The third kappa shape index (κ3) is 3.20. The Labute approximate surface area is 109 Å². The normalized spacial score (nSPS) is 9.95. The number of hydrazine groups is 1. The topological polar surface area (TPSA) is 97.2 Å². The number of H-pyrrole nitrogens is 1. The molecule has 0 aliphatic rings. The second kappa shape index (κ2) is 5.83. The number of rotatable bonds is 4. The molecule has 98 valence electrons. The highest BCUT2D eigenvalue weighted by Crippen LogP contribution is 2.06. The molecule has 1 heterocycles. The summed E-state index contributed by atoms with van der Waals surface area (Å²) in [6.07, 6.45) is 1.34. The molecule has 6 heteroatoms. The van der Waals surface area contributed by atoms with Gasteiger partial charge in [0.05, 0.1) is 0 Å². The van der Waals surface area contributed by atoms with E-state index < -0.39 is 5.91 Å². The molecule has 1 amide bonds. The summed E-state index contributed by atoms with van der Waals surface area (Å²) >= 11 is 0. The van der Waals surface area contributed by atoms with Crippen molar-refractivity contribution in [1.29, 1.82) is 0 Å². The number of carbonyl (C=O) groups is 1. The van der Waals surface area contributed by atoms with Crippen LogP contribution in [-0.4, -0.2) is 10.9 Å². The van der Waals surface area contributed by atoms with Crippen LogP contribution in [0.1, 0.15) is 16.1 Å². The number of amides is 1. The van der Waals surface area contributed by atoms with Crippen molar-refractivity contribution < 1.29 is 9.53 Å². The van der Waals surface area contributed by atoms with Crippen LogP contribution in [0.5, 0.6) is 5.75 Å². The van der Waals surface area contributed by atoms with Crippen LogP contribution in [0.15, 0.2) is 47.4 Å². The zero-order valence-corrected chi connectivity index (χ0v) is 10.1. The van der Waals surface area contributed by atoms with Crippen LogP contribution >= 0.6 is 0 Å². The van der Waals surface area contributed by atoms with Crippen LogP contribution in [0, 0.1) is 0 Å². The van der Waals surface area contributed by atoms with E-state index >= 15 is 0 Å². The van der Waals surface area contributed by atoms with E-state index in [1.54, 1.807) is 0 Å². The molecule has 1 aromatic heterocycles. The Hall–Kier alpha value is -2.60. The molecule has 0 aliphatic carbocycles. The van der Waals surface area contributed by atoms with Crippen molar-refractivity contribution in [3.8, 4) is 5.75 Å². The number of pyridine rings is 1. The maximum absolute atomic E-state index is 11.7. The fourth-order valence-corrected chi connectivity index (χ4v) is 1.52. The molecule has 1 aromatic carbocycles. The molecule has 6 nitrogen and oxygen atoms in total. The molecule has 2 rings (SSSR count). The highest BCUT2D eigenvalue weighted by molar-refractivity contribution is 5.91. The van der Waals surface area contributed by atoms with E-state index in [1.165, 1.54) is 6.20 Å². The first-order chi connectivity index (χ1) is 9.20. The van der Waals surface area contributed by atoms with Crippen molar-refractivity contribution in [3.05, 3.63) is 64.1 Å². The third-order valence-electron chi connectivity index (χ3n) is 2.49. The third-order valence-corrected chi connectivity index (χ3v) is 2.49. The maximum atomic E-state index is 11.7. The lowest BCUT2D eigenvalue weighted by Crippen LogP contribution is -2.31. The number of hydrogen-bond donors (Lipinski definition) is 3. The Balaban J connectivity index is 2.10. The minimum absolute atomic E-state index is 0.0829. The summed E-state index contributed by atoms with van der Waals surface area (Å²) in [5.41, 5.74) is 2.59. The van der Waals surface area contributed by atoms with Crippen molar-refractivity contribution in [1.82, 2.24) is 10.4 Å². The second-order valence-corrected chi connectivity index (χ2v) is 3.82. The summed E-state index contributed by atoms with van der Waals surface area (Å²) < 4.78 is 5.38. The minimum Gasteiger partial charge on any atom is -0.483 e. The van der Waals surface area contributed by atoms with Gasteiger partial charge in [0.1, 0.15) is 12.3 Å². The molecule has 4 N–H and O–H groups in total. The number of nitrogen functional groups attached to an aromatic ring is 1. The highest BCUT2D eigenvalue weighted by atomic mass is 16.5. The van der Waals surface area contributed by atoms with Gasteiger partial charge < -0.3 is 9.72 Å². The monoisotopic (exact) mass is 259 g/mol. The maximum Gasteiger partial charge on any atom is 0.281 e. The van der Waals surface area contributed by atoms with Crippen molar-refractivity contribution >= 4 is 5.91 Å². The van der Waals surface area contributed by atoms with Crippen molar-refractivity contribution in [2.45, 2.75) is 6.61 Å². The van der Waals surface area contributed by atoms with Crippen LogP contribution in [0.2, 0.25) is 0 Å². The minimum atomic E-state index is -0.563. The predicted molar refractivity (Wildman–Crippen MR) is 69.5 cm³/mol. The summed E-state index contributed by atoms with van der Waals surface area (Å²) in [6.45, 7) is 0.284. The van der Waals surface area contributed by atoms with Gasteiger partial charge in [-0.2, -0.15) is 0 Å². The van der Waals surface area contributed by atoms with Gasteiger partial charge in [0.2, 0.25) is 5.43 Å². The lowest BCUT2D eigenvalue weighted by Gasteiger charge is -2.06. The van der Waals surface area contributed by atoms with Crippen molar-refractivity contribution in [2.24, 2.45) is 5.84 Å². The number of carbonyl (C=O) groups excluding carboxylic acids is 1. The first-order valence-electron chi connectivity index (χ1n) is 5.61. The van der Waals surface area contributed by atoms with Gasteiger partial charge in [-0.05, 0) is 5.56 Å². The number of hydrogen-bond acceptors (Lipinski definition) is 4. The zero-order chi connectivity index (χ0) is 13.7. The second-order valence-electron chi connectivity index (χ2n) is 3.82. The van der Waals surface area contributed by atoms with E-state index in [9.17, 15) is 9.59 Å². The van der Waals surface area contributed by atoms with E-state index in [1.807, 2.05) is 35.8 Å². The quantitative estimate of drug-likeness (QED) is 0.424. The Kier molecular flexibility index (Phi) is 3.94. The van der Waals surface area contributed by atoms with Gasteiger partial charge in [0.15, 0.2) is 5.75 Å². The average molecular weight is 259 g/mol.